The van der Waals surface area contributed by atoms with Crippen molar-refractivity contribution in [1.82, 2.24) is 14.9 Å². The molecule has 1 amide bonds. The van der Waals surface area contributed by atoms with Gasteiger partial charge in [-0.05, 0) is 56.9 Å². The number of carbonyl (C=O) groups is 1. The van der Waals surface area contributed by atoms with Crippen LogP contribution >= 0.6 is 0 Å². The van der Waals surface area contributed by atoms with Crippen molar-refractivity contribution in [2.75, 3.05) is 13.7 Å². The molecule has 28 heavy (non-hydrogen) atoms. The van der Waals surface area contributed by atoms with Gasteiger partial charge in [-0.1, -0.05) is 0 Å². The zero-order valence-corrected chi connectivity index (χ0v) is 16.9. The van der Waals surface area contributed by atoms with Crippen molar-refractivity contribution in [1.29, 1.82) is 0 Å². The summed E-state index contributed by atoms with van der Waals surface area (Å²) in [4.78, 5) is 30.0. The van der Waals surface area contributed by atoms with Crippen LogP contribution in [0.2, 0.25) is 0 Å². The molecular weight excluding hydrogens is 358 g/mol. The summed E-state index contributed by atoms with van der Waals surface area (Å²) in [6.45, 7) is 7.04. The minimum absolute atomic E-state index is 0.0295. The van der Waals surface area contributed by atoms with Gasteiger partial charge in [0.2, 0.25) is 5.88 Å². The maximum absolute atomic E-state index is 12.9. The SMILES string of the molecule is COc1nc(C)cc(C)c1CNC(=O)c1c(C)ccn(CC2CCCO2)c1=O. The first-order valence-corrected chi connectivity index (χ1v) is 9.51. The Morgan fingerprint density at radius 3 is 2.82 bits per heavy atom. The highest BCUT2D eigenvalue weighted by molar-refractivity contribution is 5.95. The monoisotopic (exact) mass is 385 g/mol. The minimum Gasteiger partial charge on any atom is -0.481 e. The number of aromatic nitrogens is 2. The largest absolute Gasteiger partial charge is 0.481 e. The van der Waals surface area contributed by atoms with Crippen LogP contribution in [0, 0.1) is 20.8 Å². The fourth-order valence-electron chi connectivity index (χ4n) is 3.56. The van der Waals surface area contributed by atoms with Crippen LogP contribution in [0.1, 0.15) is 45.6 Å². The quantitative estimate of drug-likeness (QED) is 0.825. The van der Waals surface area contributed by atoms with Gasteiger partial charge >= 0.3 is 0 Å². The maximum atomic E-state index is 12.9. The van der Waals surface area contributed by atoms with Gasteiger partial charge in [0.15, 0.2) is 0 Å². The van der Waals surface area contributed by atoms with Crippen LogP contribution in [0.25, 0.3) is 0 Å². The first-order chi connectivity index (χ1) is 13.4. The van der Waals surface area contributed by atoms with E-state index >= 15 is 0 Å². The Balaban J connectivity index is 1.80. The summed E-state index contributed by atoms with van der Waals surface area (Å²) in [6, 6.07) is 3.73. The molecule has 2 aromatic heterocycles. The Morgan fingerprint density at radius 2 is 2.14 bits per heavy atom. The van der Waals surface area contributed by atoms with E-state index in [4.69, 9.17) is 9.47 Å². The Kier molecular flexibility index (Phi) is 6.14. The summed E-state index contributed by atoms with van der Waals surface area (Å²) < 4.78 is 12.5. The van der Waals surface area contributed by atoms with Crippen molar-refractivity contribution in [2.24, 2.45) is 0 Å². The molecule has 0 aliphatic carbocycles. The van der Waals surface area contributed by atoms with Gasteiger partial charge in [-0.3, -0.25) is 9.59 Å². The van der Waals surface area contributed by atoms with Crippen LogP contribution in [0.4, 0.5) is 0 Å². The second kappa shape index (κ2) is 8.56. The number of hydrogen-bond acceptors (Lipinski definition) is 5. The Morgan fingerprint density at radius 1 is 1.36 bits per heavy atom. The molecule has 3 rings (SSSR count). The third kappa shape index (κ3) is 4.25. The predicted molar refractivity (Wildman–Crippen MR) is 106 cm³/mol. The molecule has 1 atom stereocenters. The molecule has 0 bridgehead atoms. The van der Waals surface area contributed by atoms with Crippen LogP contribution in [0.5, 0.6) is 5.88 Å². The van der Waals surface area contributed by atoms with Crippen LogP contribution < -0.4 is 15.6 Å². The first-order valence-electron chi connectivity index (χ1n) is 9.51. The van der Waals surface area contributed by atoms with E-state index in [9.17, 15) is 9.59 Å². The lowest BCUT2D eigenvalue weighted by atomic mass is 10.1. The summed E-state index contributed by atoms with van der Waals surface area (Å²) >= 11 is 0. The molecule has 1 fully saturated rings. The van der Waals surface area contributed by atoms with Crippen molar-refractivity contribution in [3.63, 3.8) is 0 Å². The first kappa shape index (κ1) is 20.1. The summed E-state index contributed by atoms with van der Waals surface area (Å²) in [5.74, 6) is 0.0876. The second-order valence-electron chi connectivity index (χ2n) is 7.22. The van der Waals surface area contributed by atoms with Gasteiger partial charge in [-0.2, -0.15) is 0 Å². The molecule has 7 heteroatoms. The smallest absolute Gasteiger partial charge is 0.263 e. The number of rotatable bonds is 6. The van der Waals surface area contributed by atoms with Crippen LogP contribution in [0.15, 0.2) is 23.1 Å². The van der Waals surface area contributed by atoms with Gasteiger partial charge < -0.3 is 19.4 Å². The Bertz CT molecular complexity index is 930. The van der Waals surface area contributed by atoms with E-state index in [0.717, 1.165) is 36.3 Å². The number of ether oxygens (including phenoxy) is 2. The summed E-state index contributed by atoms with van der Waals surface area (Å²) in [6.07, 6.45) is 3.70. The number of carbonyl (C=O) groups excluding carboxylic acids is 1. The molecule has 1 unspecified atom stereocenters. The molecule has 2 aromatic rings. The highest BCUT2D eigenvalue weighted by atomic mass is 16.5. The molecule has 1 aliphatic rings. The van der Waals surface area contributed by atoms with E-state index < -0.39 is 5.91 Å². The van der Waals surface area contributed by atoms with Crippen molar-refractivity contribution in [3.05, 3.63) is 56.6 Å². The van der Waals surface area contributed by atoms with E-state index in [-0.39, 0.29) is 23.8 Å². The fraction of sp³-hybridized carbons (Fsp3) is 0.476. The summed E-state index contributed by atoms with van der Waals surface area (Å²) in [5, 5.41) is 2.85. The molecule has 0 aromatic carbocycles. The Labute approximate surface area is 164 Å². The van der Waals surface area contributed by atoms with E-state index in [2.05, 4.69) is 10.3 Å². The molecule has 0 saturated carbocycles. The lowest BCUT2D eigenvalue weighted by Gasteiger charge is -2.15. The molecule has 1 N–H and O–H groups in total. The van der Waals surface area contributed by atoms with Crippen molar-refractivity contribution < 1.29 is 14.3 Å². The van der Waals surface area contributed by atoms with Gasteiger partial charge in [0, 0.05) is 30.6 Å². The highest BCUT2D eigenvalue weighted by Crippen LogP contribution is 2.20. The number of methoxy groups -OCH3 is 1. The highest BCUT2D eigenvalue weighted by Gasteiger charge is 2.21. The molecule has 1 saturated heterocycles. The van der Waals surface area contributed by atoms with Crippen molar-refractivity contribution in [3.8, 4) is 5.88 Å². The second-order valence-corrected chi connectivity index (χ2v) is 7.22. The Hall–Kier alpha value is -2.67. The number of hydrogen-bond donors (Lipinski definition) is 1. The molecule has 3 heterocycles. The normalized spacial score (nSPS) is 16.2. The van der Waals surface area contributed by atoms with E-state index in [1.807, 2.05) is 19.9 Å². The lowest BCUT2D eigenvalue weighted by Crippen LogP contribution is -2.35. The number of amides is 1. The third-order valence-corrected chi connectivity index (χ3v) is 5.08. The number of pyridine rings is 2. The lowest BCUT2D eigenvalue weighted by molar-refractivity contribution is 0.0928. The van der Waals surface area contributed by atoms with E-state index in [1.165, 1.54) is 0 Å². The van der Waals surface area contributed by atoms with Gasteiger partial charge in [0.25, 0.3) is 11.5 Å². The molecule has 7 nitrogen and oxygen atoms in total. The maximum Gasteiger partial charge on any atom is 0.263 e. The van der Waals surface area contributed by atoms with Crippen LogP contribution in [-0.4, -0.2) is 35.3 Å². The average Bonchev–Trinajstić information content (AvgIpc) is 3.16. The minimum atomic E-state index is -0.397. The summed E-state index contributed by atoms with van der Waals surface area (Å²) in [7, 11) is 1.55. The molecular formula is C21H27N3O4. The van der Waals surface area contributed by atoms with Crippen LogP contribution in [0.3, 0.4) is 0 Å². The number of nitrogens with one attached hydrogen (secondary N) is 1. The average molecular weight is 385 g/mol. The fourth-order valence-corrected chi connectivity index (χ4v) is 3.56. The zero-order chi connectivity index (χ0) is 20.3. The molecule has 0 spiro atoms. The van der Waals surface area contributed by atoms with E-state index in [1.54, 1.807) is 30.9 Å². The topological polar surface area (TPSA) is 82.4 Å². The predicted octanol–water partition coefficient (Wildman–Crippen LogP) is 2.29. The standard InChI is InChI=1S/C21H27N3O4/c1-13-7-8-24(12-16-6-5-9-28-16)21(26)18(13)19(25)22-11-17-14(2)10-15(3)23-20(17)27-4/h7-8,10,16H,5-6,9,11-12H2,1-4H3,(H,22,25). The van der Waals surface area contributed by atoms with Gasteiger partial charge in [-0.25, -0.2) is 4.98 Å². The third-order valence-electron chi connectivity index (χ3n) is 5.08. The van der Waals surface area contributed by atoms with Crippen LogP contribution in [-0.2, 0) is 17.8 Å². The van der Waals surface area contributed by atoms with Crippen molar-refractivity contribution >= 4 is 5.91 Å². The van der Waals surface area contributed by atoms with Gasteiger partial charge in [0.1, 0.15) is 5.56 Å². The summed E-state index contributed by atoms with van der Waals surface area (Å²) in [5.41, 5.74) is 3.15. The number of nitrogens with zero attached hydrogens (tertiary/aromatic N) is 2. The van der Waals surface area contributed by atoms with E-state index in [0.29, 0.717) is 18.0 Å². The number of aryl methyl sites for hydroxylation is 3. The van der Waals surface area contributed by atoms with Gasteiger partial charge in [-0.15, -0.1) is 0 Å². The van der Waals surface area contributed by atoms with Gasteiger partial charge in [0.05, 0.1) is 19.8 Å². The molecule has 150 valence electrons. The zero-order valence-electron chi connectivity index (χ0n) is 16.9. The molecule has 0 radical (unpaired) electrons. The van der Waals surface area contributed by atoms with Crippen molar-refractivity contribution in [2.45, 2.75) is 52.8 Å². The molecule has 1 aliphatic heterocycles.